The Balaban J connectivity index is 1.68. The normalized spacial score (nSPS) is 19.5. The standard InChI is InChI=1S/C22H22N2O3/c1-2-15-16-10-6-7-11-19(16)23-20(15)21(25)24-12-17(18(13-24)22(26)27)14-8-4-3-5-9-14/h3-11,17-18,23H,2,12-13H2,1H3,(H,26,27)/t17-,18+/m0/s1. The van der Waals surface area contributed by atoms with Gasteiger partial charge in [-0.15, -0.1) is 0 Å². The lowest BCUT2D eigenvalue weighted by Crippen LogP contribution is -2.30. The molecule has 27 heavy (non-hydrogen) atoms. The molecule has 2 N–H and O–H groups in total. The topological polar surface area (TPSA) is 73.4 Å². The van der Waals surface area contributed by atoms with Crippen molar-refractivity contribution in [1.29, 1.82) is 0 Å². The second-order valence-electron chi connectivity index (χ2n) is 7.05. The zero-order valence-electron chi connectivity index (χ0n) is 15.2. The van der Waals surface area contributed by atoms with Gasteiger partial charge in [-0.2, -0.15) is 0 Å². The summed E-state index contributed by atoms with van der Waals surface area (Å²) < 4.78 is 0. The van der Waals surface area contributed by atoms with E-state index in [0.29, 0.717) is 12.2 Å². The van der Waals surface area contributed by atoms with Gasteiger partial charge in [0.15, 0.2) is 0 Å². The van der Waals surface area contributed by atoms with Crippen LogP contribution in [0.15, 0.2) is 54.6 Å². The number of benzene rings is 2. The van der Waals surface area contributed by atoms with Crippen molar-refractivity contribution in [2.75, 3.05) is 13.1 Å². The number of carboxylic acid groups (broad SMARTS) is 1. The van der Waals surface area contributed by atoms with Crippen LogP contribution >= 0.6 is 0 Å². The molecule has 1 aliphatic rings. The van der Waals surface area contributed by atoms with Crippen LogP contribution in [-0.2, 0) is 11.2 Å². The fourth-order valence-corrected chi connectivity index (χ4v) is 4.17. The lowest BCUT2D eigenvalue weighted by Gasteiger charge is -2.16. The fraction of sp³-hybridized carbons (Fsp3) is 0.273. The molecular weight excluding hydrogens is 340 g/mol. The van der Waals surface area contributed by atoms with Gasteiger partial charge in [-0.3, -0.25) is 9.59 Å². The van der Waals surface area contributed by atoms with Gasteiger partial charge in [0.05, 0.1) is 5.92 Å². The highest BCUT2D eigenvalue weighted by atomic mass is 16.4. The van der Waals surface area contributed by atoms with E-state index < -0.39 is 11.9 Å². The molecule has 2 atom stereocenters. The number of fused-ring (bicyclic) bond motifs is 1. The summed E-state index contributed by atoms with van der Waals surface area (Å²) in [6.07, 6.45) is 0.739. The first-order valence-corrected chi connectivity index (χ1v) is 9.26. The predicted molar refractivity (Wildman–Crippen MR) is 104 cm³/mol. The van der Waals surface area contributed by atoms with Crippen molar-refractivity contribution in [1.82, 2.24) is 9.88 Å². The van der Waals surface area contributed by atoms with Crippen LogP contribution in [0, 0.1) is 5.92 Å². The highest BCUT2D eigenvalue weighted by Gasteiger charge is 2.41. The Hall–Kier alpha value is -3.08. The van der Waals surface area contributed by atoms with Crippen LogP contribution in [-0.4, -0.2) is 40.0 Å². The number of carboxylic acids is 1. The quantitative estimate of drug-likeness (QED) is 0.744. The minimum absolute atomic E-state index is 0.118. The molecular formula is C22H22N2O3. The number of aliphatic carboxylic acids is 1. The Morgan fingerprint density at radius 2 is 1.78 bits per heavy atom. The molecule has 0 spiro atoms. The maximum atomic E-state index is 13.2. The third-order valence-electron chi connectivity index (χ3n) is 5.53. The summed E-state index contributed by atoms with van der Waals surface area (Å²) in [5, 5.41) is 10.7. The van der Waals surface area contributed by atoms with E-state index in [1.807, 2.05) is 61.5 Å². The van der Waals surface area contributed by atoms with Gasteiger partial charge in [0.25, 0.3) is 5.91 Å². The van der Waals surface area contributed by atoms with Crippen molar-refractivity contribution in [2.24, 2.45) is 5.92 Å². The SMILES string of the molecule is CCc1c(C(=O)N2C[C@@H](C(=O)O)[C@H](c3ccccc3)C2)[nH]c2ccccc12. The molecule has 0 aliphatic carbocycles. The number of likely N-dealkylation sites (tertiary alicyclic amines) is 1. The van der Waals surface area contributed by atoms with Crippen LogP contribution in [0.1, 0.15) is 34.5 Å². The first kappa shape index (κ1) is 17.3. The van der Waals surface area contributed by atoms with E-state index in [4.69, 9.17) is 0 Å². The molecule has 2 heterocycles. The first-order valence-electron chi connectivity index (χ1n) is 9.26. The minimum Gasteiger partial charge on any atom is -0.481 e. The molecule has 1 saturated heterocycles. The average molecular weight is 362 g/mol. The summed E-state index contributed by atoms with van der Waals surface area (Å²) in [7, 11) is 0. The third kappa shape index (κ3) is 2.99. The number of carbonyl (C=O) groups excluding carboxylic acids is 1. The van der Waals surface area contributed by atoms with Crippen molar-refractivity contribution < 1.29 is 14.7 Å². The summed E-state index contributed by atoms with van der Waals surface area (Å²) in [6.45, 7) is 2.67. The highest BCUT2D eigenvalue weighted by Crippen LogP contribution is 2.34. The lowest BCUT2D eigenvalue weighted by molar-refractivity contribution is -0.141. The van der Waals surface area contributed by atoms with Crippen LogP contribution in [0.2, 0.25) is 0 Å². The number of para-hydroxylation sites is 1. The average Bonchev–Trinajstić information content (AvgIpc) is 3.30. The van der Waals surface area contributed by atoms with Gasteiger partial charge < -0.3 is 15.0 Å². The molecule has 2 aromatic carbocycles. The molecule has 5 heteroatoms. The largest absolute Gasteiger partial charge is 0.481 e. The van der Waals surface area contributed by atoms with E-state index in [2.05, 4.69) is 4.98 Å². The van der Waals surface area contributed by atoms with Gasteiger partial charge in [-0.05, 0) is 23.6 Å². The molecule has 3 aromatic rings. The van der Waals surface area contributed by atoms with Crippen LogP contribution in [0.25, 0.3) is 10.9 Å². The molecule has 5 nitrogen and oxygen atoms in total. The van der Waals surface area contributed by atoms with E-state index in [9.17, 15) is 14.7 Å². The van der Waals surface area contributed by atoms with Gasteiger partial charge in [-0.1, -0.05) is 55.5 Å². The van der Waals surface area contributed by atoms with E-state index >= 15 is 0 Å². The molecule has 1 aromatic heterocycles. The molecule has 1 aliphatic heterocycles. The molecule has 4 rings (SSSR count). The zero-order chi connectivity index (χ0) is 19.0. The highest BCUT2D eigenvalue weighted by molar-refractivity contribution is 6.01. The summed E-state index contributed by atoms with van der Waals surface area (Å²) >= 11 is 0. The van der Waals surface area contributed by atoms with E-state index in [0.717, 1.165) is 28.5 Å². The fourth-order valence-electron chi connectivity index (χ4n) is 4.17. The number of H-pyrrole nitrogens is 1. The molecule has 0 saturated carbocycles. The van der Waals surface area contributed by atoms with Gasteiger partial charge in [-0.25, -0.2) is 0 Å². The van der Waals surface area contributed by atoms with Gasteiger partial charge in [0.2, 0.25) is 0 Å². The van der Waals surface area contributed by atoms with Crippen molar-refractivity contribution in [3.8, 4) is 0 Å². The number of carbonyl (C=O) groups is 2. The number of nitrogens with zero attached hydrogens (tertiary/aromatic N) is 1. The maximum absolute atomic E-state index is 13.2. The molecule has 0 radical (unpaired) electrons. The number of nitrogens with one attached hydrogen (secondary N) is 1. The second-order valence-corrected chi connectivity index (χ2v) is 7.05. The molecule has 1 amide bonds. The Bertz CT molecular complexity index is 993. The number of hydrogen-bond acceptors (Lipinski definition) is 2. The van der Waals surface area contributed by atoms with Crippen molar-refractivity contribution >= 4 is 22.8 Å². The molecule has 0 bridgehead atoms. The van der Waals surface area contributed by atoms with Gasteiger partial charge >= 0.3 is 5.97 Å². The van der Waals surface area contributed by atoms with Crippen LogP contribution in [0.5, 0.6) is 0 Å². The van der Waals surface area contributed by atoms with Gasteiger partial charge in [0.1, 0.15) is 5.69 Å². The number of aryl methyl sites for hydroxylation is 1. The first-order chi connectivity index (χ1) is 13.1. The van der Waals surface area contributed by atoms with E-state index in [1.165, 1.54) is 0 Å². The number of aromatic nitrogens is 1. The third-order valence-corrected chi connectivity index (χ3v) is 5.53. The zero-order valence-corrected chi connectivity index (χ0v) is 15.2. The van der Waals surface area contributed by atoms with Crippen LogP contribution in [0.3, 0.4) is 0 Å². The van der Waals surface area contributed by atoms with Crippen molar-refractivity contribution in [3.05, 3.63) is 71.4 Å². The summed E-state index contributed by atoms with van der Waals surface area (Å²) in [4.78, 5) is 30.0. The molecule has 0 unspecified atom stereocenters. The molecule has 1 fully saturated rings. The minimum atomic E-state index is -0.855. The van der Waals surface area contributed by atoms with Crippen LogP contribution < -0.4 is 0 Å². The Labute approximate surface area is 157 Å². The van der Waals surface area contributed by atoms with Crippen molar-refractivity contribution in [2.45, 2.75) is 19.3 Å². The summed E-state index contributed by atoms with van der Waals surface area (Å²) in [6, 6.07) is 17.5. The predicted octanol–water partition coefficient (Wildman–Crippen LogP) is 3.67. The Kier molecular flexibility index (Phi) is 4.44. The maximum Gasteiger partial charge on any atom is 0.308 e. The van der Waals surface area contributed by atoms with Crippen LogP contribution in [0.4, 0.5) is 0 Å². The lowest BCUT2D eigenvalue weighted by atomic mass is 9.89. The monoisotopic (exact) mass is 362 g/mol. The number of rotatable bonds is 4. The number of aromatic amines is 1. The second kappa shape index (κ2) is 6.91. The van der Waals surface area contributed by atoms with E-state index in [-0.39, 0.29) is 18.4 Å². The van der Waals surface area contributed by atoms with E-state index in [1.54, 1.807) is 4.90 Å². The Morgan fingerprint density at radius 1 is 1.07 bits per heavy atom. The van der Waals surface area contributed by atoms with Crippen molar-refractivity contribution in [3.63, 3.8) is 0 Å². The summed E-state index contributed by atoms with van der Waals surface area (Å²) in [5.74, 6) is -1.76. The number of amides is 1. The van der Waals surface area contributed by atoms with Gasteiger partial charge in [0, 0.05) is 29.9 Å². The molecule has 138 valence electrons. The Morgan fingerprint density at radius 3 is 2.48 bits per heavy atom. The smallest absolute Gasteiger partial charge is 0.308 e. The summed E-state index contributed by atoms with van der Waals surface area (Å²) in [5.41, 5.74) is 3.47. The number of hydrogen-bond donors (Lipinski definition) is 2.